The van der Waals surface area contributed by atoms with Gasteiger partial charge in [0, 0.05) is 12.6 Å². The molecule has 0 spiro atoms. The Hall–Kier alpha value is -1.26. The number of nitrogens with zero attached hydrogens (tertiary/aromatic N) is 1. The average molecular weight is 280 g/mol. The summed E-state index contributed by atoms with van der Waals surface area (Å²) in [6.07, 6.45) is 8.26. The quantitative estimate of drug-likeness (QED) is 0.815. The molecule has 0 aromatic heterocycles. The number of fused-ring (bicyclic) bond motifs is 2. The molecule has 2 amide bonds. The fraction of sp³-hybridized carbons (Fsp3) is 0.867. The van der Waals surface area contributed by atoms with Crippen LogP contribution < -0.4 is 5.32 Å². The normalized spacial score (nSPS) is 36.7. The smallest absolute Gasteiger partial charge is 0.326 e. The molecule has 3 rings (SSSR count). The molecule has 3 fully saturated rings. The zero-order valence-electron chi connectivity index (χ0n) is 11.9. The predicted octanol–water partition coefficient (Wildman–Crippen LogP) is 2.21. The summed E-state index contributed by atoms with van der Waals surface area (Å²) < 4.78 is 0. The Balaban J connectivity index is 1.63. The van der Waals surface area contributed by atoms with Crippen LogP contribution in [0.1, 0.15) is 51.4 Å². The second-order valence-electron chi connectivity index (χ2n) is 6.63. The number of carbonyl (C=O) groups excluding carboxylic acids is 1. The first-order chi connectivity index (χ1) is 9.65. The first-order valence-electron chi connectivity index (χ1n) is 7.95. The van der Waals surface area contributed by atoms with Gasteiger partial charge in [-0.05, 0) is 43.9 Å². The monoisotopic (exact) mass is 280 g/mol. The van der Waals surface area contributed by atoms with Gasteiger partial charge in [-0.2, -0.15) is 0 Å². The second-order valence-corrected chi connectivity index (χ2v) is 6.63. The molecule has 20 heavy (non-hydrogen) atoms. The molecule has 2 saturated carbocycles. The summed E-state index contributed by atoms with van der Waals surface area (Å²) in [7, 11) is 0. The maximum absolute atomic E-state index is 12.4. The van der Waals surface area contributed by atoms with Gasteiger partial charge in [0.1, 0.15) is 6.04 Å². The van der Waals surface area contributed by atoms with Crippen molar-refractivity contribution in [1.29, 1.82) is 0 Å². The van der Waals surface area contributed by atoms with Crippen molar-refractivity contribution in [1.82, 2.24) is 10.2 Å². The summed E-state index contributed by atoms with van der Waals surface area (Å²) in [5, 5.41) is 12.4. The van der Waals surface area contributed by atoms with Crippen molar-refractivity contribution in [2.24, 2.45) is 11.8 Å². The van der Waals surface area contributed by atoms with Gasteiger partial charge in [-0.15, -0.1) is 0 Å². The molecule has 0 aromatic carbocycles. The molecule has 1 aliphatic heterocycles. The lowest BCUT2D eigenvalue weighted by Crippen LogP contribution is -2.52. The minimum atomic E-state index is -0.866. The number of rotatable bonds is 2. The highest BCUT2D eigenvalue weighted by atomic mass is 16.4. The number of hydrogen-bond acceptors (Lipinski definition) is 2. The zero-order valence-corrected chi connectivity index (χ0v) is 11.9. The molecule has 4 unspecified atom stereocenters. The summed E-state index contributed by atoms with van der Waals surface area (Å²) >= 11 is 0. The Kier molecular flexibility index (Phi) is 3.85. The third-order valence-electron chi connectivity index (χ3n) is 5.35. The van der Waals surface area contributed by atoms with E-state index in [-0.39, 0.29) is 12.1 Å². The number of aliphatic carboxylic acids is 1. The lowest BCUT2D eigenvalue weighted by Gasteiger charge is -2.31. The van der Waals surface area contributed by atoms with E-state index >= 15 is 0 Å². The Morgan fingerprint density at radius 3 is 2.55 bits per heavy atom. The van der Waals surface area contributed by atoms with Crippen LogP contribution in [0.4, 0.5) is 4.79 Å². The maximum Gasteiger partial charge on any atom is 0.326 e. The molecule has 1 heterocycles. The van der Waals surface area contributed by atoms with Gasteiger partial charge in [0.05, 0.1) is 0 Å². The third-order valence-corrected chi connectivity index (χ3v) is 5.35. The zero-order chi connectivity index (χ0) is 14.1. The Morgan fingerprint density at radius 2 is 1.90 bits per heavy atom. The molecule has 5 nitrogen and oxygen atoms in total. The van der Waals surface area contributed by atoms with Gasteiger partial charge in [-0.25, -0.2) is 9.59 Å². The van der Waals surface area contributed by atoms with E-state index in [9.17, 15) is 14.7 Å². The molecule has 5 heteroatoms. The summed E-state index contributed by atoms with van der Waals surface area (Å²) in [6, 6.07) is -0.521. The molecule has 112 valence electrons. The maximum atomic E-state index is 12.4. The fourth-order valence-electron chi connectivity index (χ4n) is 4.27. The van der Waals surface area contributed by atoms with Gasteiger partial charge in [-0.3, -0.25) is 0 Å². The van der Waals surface area contributed by atoms with Crippen LogP contribution in [-0.2, 0) is 4.79 Å². The lowest BCUT2D eigenvalue weighted by molar-refractivity contribution is -0.142. The molecule has 3 aliphatic rings. The van der Waals surface area contributed by atoms with Gasteiger partial charge in [0.2, 0.25) is 0 Å². The summed E-state index contributed by atoms with van der Waals surface area (Å²) in [4.78, 5) is 25.4. The lowest BCUT2D eigenvalue weighted by atomic mass is 9.95. The van der Waals surface area contributed by atoms with E-state index in [2.05, 4.69) is 5.32 Å². The van der Waals surface area contributed by atoms with Crippen molar-refractivity contribution in [3.8, 4) is 0 Å². The van der Waals surface area contributed by atoms with E-state index in [0.29, 0.717) is 18.9 Å². The number of carbonyl (C=O) groups is 2. The average Bonchev–Trinajstić information content (AvgIpc) is 2.92. The molecular formula is C15H24N2O3. The minimum absolute atomic E-state index is 0.156. The SMILES string of the molecule is O=C(O)C1CCCCCN1C(=O)NC1CC2CCC1C2. The molecular weight excluding hydrogens is 256 g/mol. The molecule has 2 N–H and O–H groups in total. The van der Waals surface area contributed by atoms with Crippen molar-refractivity contribution >= 4 is 12.0 Å². The van der Waals surface area contributed by atoms with E-state index in [0.717, 1.165) is 31.6 Å². The Morgan fingerprint density at radius 1 is 1.05 bits per heavy atom. The van der Waals surface area contributed by atoms with Crippen LogP contribution in [-0.4, -0.2) is 40.6 Å². The second kappa shape index (κ2) is 5.62. The highest BCUT2D eigenvalue weighted by molar-refractivity contribution is 5.83. The van der Waals surface area contributed by atoms with Crippen LogP contribution in [0, 0.1) is 11.8 Å². The number of urea groups is 1. The van der Waals surface area contributed by atoms with Crippen molar-refractivity contribution in [2.75, 3.05) is 6.54 Å². The highest BCUT2D eigenvalue weighted by Crippen LogP contribution is 2.44. The number of amides is 2. The predicted molar refractivity (Wildman–Crippen MR) is 74.4 cm³/mol. The van der Waals surface area contributed by atoms with E-state index in [1.807, 2.05) is 0 Å². The van der Waals surface area contributed by atoms with Crippen LogP contribution in [0.5, 0.6) is 0 Å². The van der Waals surface area contributed by atoms with E-state index in [4.69, 9.17) is 0 Å². The van der Waals surface area contributed by atoms with E-state index < -0.39 is 12.0 Å². The molecule has 1 saturated heterocycles. The first kappa shape index (κ1) is 13.7. The van der Waals surface area contributed by atoms with Crippen molar-refractivity contribution in [3.05, 3.63) is 0 Å². The van der Waals surface area contributed by atoms with Gasteiger partial charge >= 0.3 is 12.0 Å². The van der Waals surface area contributed by atoms with E-state index in [1.54, 1.807) is 4.90 Å². The number of hydrogen-bond donors (Lipinski definition) is 2. The third kappa shape index (κ3) is 2.63. The molecule has 0 radical (unpaired) electrons. The van der Waals surface area contributed by atoms with Gasteiger partial charge in [-0.1, -0.05) is 19.3 Å². The number of nitrogens with one attached hydrogen (secondary N) is 1. The molecule has 2 aliphatic carbocycles. The summed E-state index contributed by atoms with van der Waals surface area (Å²) in [5.74, 6) is 0.541. The van der Waals surface area contributed by atoms with Crippen molar-refractivity contribution in [2.45, 2.75) is 63.5 Å². The van der Waals surface area contributed by atoms with Crippen LogP contribution >= 0.6 is 0 Å². The topological polar surface area (TPSA) is 69.6 Å². The largest absolute Gasteiger partial charge is 0.480 e. The van der Waals surface area contributed by atoms with Crippen LogP contribution in [0.2, 0.25) is 0 Å². The Labute approximate surface area is 119 Å². The summed E-state index contributed by atoms with van der Waals surface area (Å²) in [5.41, 5.74) is 0. The summed E-state index contributed by atoms with van der Waals surface area (Å²) in [6.45, 7) is 0.573. The number of carboxylic acid groups (broad SMARTS) is 1. The minimum Gasteiger partial charge on any atom is -0.480 e. The van der Waals surface area contributed by atoms with Gasteiger partial charge < -0.3 is 15.3 Å². The first-order valence-corrected chi connectivity index (χ1v) is 7.95. The highest BCUT2D eigenvalue weighted by Gasteiger charge is 2.41. The number of carboxylic acids is 1. The van der Waals surface area contributed by atoms with Crippen LogP contribution in [0.15, 0.2) is 0 Å². The van der Waals surface area contributed by atoms with Crippen LogP contribution in [0.25, 0.3) is 0 Å². The van der Waals surface area contributed by atoms with Gasteiger partial charge in [0.25, 0.3) is 0 Å². The van der Waals surface area contributed by atoms with E-state index in [1.165, 1.54) is 19.3 Å². The fourth-order valence-corrected chi connectivity index (χ4v) is 4.27. The standard InChI is InChI=1S/C15H24N2O3/c18-14(19)13-4-2-1-3-7-17(13)15(20)16-12-9-10-5-6-11(12)8-10/h10-13H,1-9H2,(H,16,20)(H,18,19). The Bertz CT molecular complexity index is 399. The molecule has 4 atom stereocenters. The van der Waals surface area contributed by atoms with Gasteiger partial charge in [0.15, 0.2) is 0 Å². The molecule has 0 aromatic rings. The van der Waals surface area contributed by atoms with Crippen molar-refractivity contribution in [3.63, 3.8) is 0 Å². The van der Waals surface area contributed by atoms with Crippen LogP contribution in [0.3, 0.4) is 0 Å². The van der Waals surface area contributed by atoms with Crippen molar-refractivity contribution < 1.29 is 14.7 Å². The number of likely N-dealkylation sites (tertiary alicyclic amines) is 1. The molecule has 2 bridgehead atoms.